The number of hydrogen-bond donors (Lipinski definition) is 2. The molecule has 2 N–H and O–H groups in total. The number of carboxylic acid groups (broad SMARTS) is 1. The van der Waals surface area contributed by atoms with Gasteiger partial charge in [-0.15, -0.1) is 0 Å². The van der Waals surface area contributed by atoms with Crippen molar-refractivity contribution in [3.8, 4) is 5.75 Å². The molecular formula is C15H18BrNO4. The predicted octanol–water partition coefficient (Wildman–Crippen LogP) is 2.51. The van der Waals surface area contributed by atoms with Crippen molar-refractivity contribution < 1.29 is 19.4 Å². The minimum atomic E-state index is -1.04. The van der Waals surface area contributed by atoms with E-state index >= 15 is 0 Å². The molecule has 0 aromatic heterocycles. The van der Waals surface area contributed by atoms with Crippen molar-refractivity contribution in [3.05, 3.63) is 28.2 Å². The number of rotatable bonds is 6. The van der Waals surface area contributed by atoms with Crippen LogP contribution in [0.3, 0.4) is 0 Å². The Labute approximate surface area is 131 Å². The first-order chi connectivity index (χ1) is 9.97. The smallest absolute Gasteiger partial charge is 0.329 e. The van der Waals surface area contributed by atoms with E-state index in [1.165, 1.54) is 0 Å². The van der Waals surface area contributed by atoms with E-state index < -0.39 is 11.5 Å². The fourth-order valence-electron chi connectivity index (χ4n) is 2.44. The van der Waals surface area contributed by atoms with Crippen LogP contribution in [0.5, 0.6) is 5.75 Å². The molecule has 1 amide bonds. The zero-order valence-corrected chi connectivity index (χ0v) is 13.4. The molecule has 1 aromatic carbocycles. The van der Waals surface area contributed by atoms with Crippen molar-refractivity contribution in [2.45, 2.75) is 37.6 Å². The Morgan fingerprint density at radius 3 is 2.67 bits per heavy atom. The molecule has 1 aromatic rings. The van der Waals surface area contributed by atoms with Gasteiger partial charge in [-0.2, -0.15) is 0 Å². The van der Waals surface area contributed by atoms with Crippen LogP contribution in [0.4, 0.5) is 0 Å². The second-order valence-corrected chi connectivity index (χ2v) is 6.16. The Morgan fingerprint density at radius 1 is 1.43 bits per heavy atom. The lowest BCUT2D eigenvalue weighted by molar-refractivity contribution is -0.151. The molecular weight excluding hydrogens is 338 g/mol. The summed E-state index contributed by atoms with van der Waals surface area (Å²) in [6, 6.07) is 5.61. The maximum absolute atomic E-state index is 12.0. The number of carboxylic acids is 1. The van der Waals surface area contributed by atoms with Crippen molar-refractivity contribution in [1.29, 1.82) is 0 Å². The fraction of sp³-hybridized carbons (Fsp3) is 0.467. The number of ether oxygens (including phenoxy) is 1. The summed E-state index contributed by atoms with van der Waals surface area (Å²) < 4.78 is 6.17. The van der Waals surface area contributed by atoms with E-state index in [0.717, 1.165) is 22.2 Å². The maximum Gasteiger partial charge on any atom is 0.329 e. The van der Waals surface area contributed by atoms with Gasteiger partial charge in [-0.05, 0) is 49.4 Å². The van der Waals surface area contributed by atoms with E-state index in [1.807, 2.05) is 18.2 Å². The Balaban J connectivity index is 1.95. The number of aliphatic carboxylic acids is 1. The summed E-state index contributed by atoms with van der Waals surface area (Å²) in [6.45, 7) is 0. The molecule has 21 heavy (non-hydrogen) atoms. The molecule has 0 heterocycles. The summed E-state index contributed by atoms with van der Waals surface area (Å²) >= 11 is 3.39. The highest BCUT2D eigenvalue weighted by Gasteiger charge is 2.45. The van der Waals surface area contributed by atoms with Crippen molar-refractivity contribution in [2.75, 3.05) is 7.11 Å². The van der Waals surface area contributed by atoms with Crippen LogP contribution in [-0.2, 0) is 16.0 Å². The first-order valence-corrected chi connectivity index (χ1v) is 7.63. The summed E-state index contributed by atoms with van der Waals surface area (Å²) in [5.74, 6) is -0.455. The first kappa shape index (κ1) is 15.8. The third-order valence-electron chi connectivity index (χ3n) is 3.86. The van der Waals surface area contributed by atoms with Gasteiger partial charge in [-0.3, -0.25) is 4.79 Å². The van der Waals surface area contributed by atoms with Gasteiger partial charge in [0.25, 0.3) is 0 Å². The van der Waals surface area contributed by atoms with Crippen LogP contribution in [0.25, 0.3) is 0 Å². The van der Waals surface area contributed by atoms with Gasteiger partial charge in [-0.25, -0.2) is 4.79 Å². The van der Waals surface area contributed by atoms with Crippen molar-refractivity contribution >= 4 is 27.8 Å². The van der Waals surface area contributed by atoms with Crippen LogP contribution in [0.1, 0.15) is 31.2 Å². The molecule has 0 unspecified atom stereocenters. The molecule has 1 saturated carbocycles. The number of aryl methyl sites for hydroxylation is 1. The minimum absolute atomic E-state index is 0.237. The molecule has 0 radical (unpaired) electrons. The average molecular weight is 356 g/mol. The van der Waals surface area contributed by atoms with E-state index in [1.54, 1.807) is 7.11 Å². The van der Waals surface area contributed by atoms with Gasteiger partial charge in [0.1, 0.15) is 11.3 Å². The quantitative estimate of drug-likeness (QED) is 0.821. The molecule has 2 rings (SSSR count). The van der Waals surface area contributed by atoms with Crippen LogP contribution < -0.4 is 10.1 Å². The number of benzene rings is 1. The number of carbonyl (C=O) groups is 2. The highest BCUT2D eigenvalue weighted by atomic mass is 79.9. The zero-order valence-electron chi connectivity index (χ0n) is 11.8. The van der Waals surface area contributed by atoms with Crippen LogP contribution in [0.2, 0.25) is 0 Å². The maximum atomic E-state index is 12.0. The first-order valence-electron chi connectivity index (χ1n) is 6.84. The van der Waals surface area contributed by atoms with E-state index in [9.17, 15) is 14.7 Å². The number of halogens is 1. The molecule has 114 valence electrons. The Morgan fingerprint density at radius 2 is 2.14 bits per heavy atom. The van der Waals surface area contributed by atoms with Gasteiger partial charge in [-0.1, -0.05) is 15.9 Å². The average Bonchev–Trinajstić information content (AvgIpc) is 2.40. The van der Waals surface area contributed by atoms with Crippen molar-refractivity contribution in [3.63, 3.8) is 0 Å². The Bertz CT molecular complexity index is 555. The van der Waals surface area contributed by atoms with E-state index in [2.05, 4.69) is 21.2 Å². The Kier molecular flexibility index (Phi) is 4.88. The largest absolute Gasteiger partial charge is 0.496 e. The number of amides is 1. The number of carbonyl (C=O) groups excluding carboxylic acids is 1. The SMILES string of the molecule is COc1ccc(Br)cc1CCC(=O)NC1(C(=O)O)CCC1. The third kappa shape index (κ3) is 3.56. The molecule has 1 fully saturated rings. The molecule has 0 saturated heterocycles. The van der Waals surface area contributed by atoms with Crippen LogP contribution in [-0.4, -0.2) is 29.6 Å². The number of hydrogen-bond acceptors (Lipinski definition) is 3. The van der Waals surface area contributed by atoms with Crippen LogP contribution in [0, 0.1) is 0 Å². The summed E-state index contributed by atoms with van der Waals surface area (Å²) in [6.07, 6.45) is 2.60. The van der Waals surface area contributed by atoms with Crippen molar-refractivity contribution in [1.82, 2.24) is 5.32 Å². The summed E-state index contributed by atoms with van der Waals surface area (Å²) in [7, 11) is 1.58. The van der Waals surface area contributed by atoms with E-state index in [-0.39, 0.29) is 12.3 Å². The van der Waals surface area contributed by atoms with Crippen LogP contribution >= 0.6 is 15.9 Å². The van der Waals surface area contributed by atoms with E-state index in [0.29, 0.717) is 19.3 Å². The molecule has 0 bridgehead atoms. The minimum Gasteiger partial charge on any atom is -0.496 e. The fourth-order valence-corrected chi connectivity index (χ4v) is 2.85. The zero-order chi connectivity index (χ0) is 15.5. The summed E-state index contributed by atoms with van der Waals surface area (Å²) in [5.41, 5.74) is -0.127. The molecule has 0 atom stereocenters. The highest BCUT2D eigenvalue weighted by molar-refractivity contribution is 9.10. The molecule has 5 nitrogen and oxygen atoms in total. The highest BCUT2D eigenvalue weighted by Crippen LogP contribution is 2.32. The molecule has 0 spiro atoms. The predicted molar refractivity (Wildman–Crippen MR) is 81.4 cm³/mol. The van der Waals surface area contributed by atoms with Crippen molar-refractivity contribution in [2.24, 2.45) is 0 Å². The lowest BCUT2D eigenvalue weighted by Crippen LogP contribution is -2.59. The van der Waals surface area contributed by atoms with Gasteiger partial charge in [0, 0.05) is 10.9 Å². The molecule has 1 aliphatic carbocycles. The topological polar surface area (TPSA) is 75.6 Å². The third-order valence-corrected chi connectivity index (χ3v) is 4.35. The van der Waals surface area contributed by atoms with Gasteiger partial charge >= 0.3 is 5.97 Å². The monoisotopic (exact) mass is 355 g/mol. The van der Waals surface area contributed by atoms with Crippen LogP contribution in [0.15, 0.2) is 22.7 Å². The van der Waals surface area contributed by atoms with Gasteiger partial charge < -0.3 is 15.2 Å². The van der Waals surface area contributed by atoms with E-state index in [4.69, 9.17) is 4.74 Å². The molecule has 6 heteroatoms. The second kappa shape index (κ2) is 6.47. The molecule has 0 aliphatic heterocycles. The van der Waals surface area contributed by atoms with Gasteiger partial charge in [0.2, 0.25) is 5.91 Å². The Hall–Kier alpha value is -1.56. The number of nitrogens with one attached hydrogen (secondary N) is 1. The standard InChI is InChI=1S/C15H18BrNO4/c1-21-12-5-4-11(16)9-10(12)3-6-13(18)17-15(14(19)20)7-2-8-15/h4-5,9H,2-3,6-8H2,1H3,(H,17,18)(H,19,20). The number of methoxy groups -OCH3 is 1. The molecule has 1 aliphatic rings. The normalized spacial score (nSPS) is 15.9. The second-order valence-electron chi connectivity index (χ2n) is 5.25. The summed E-state index contributed by atoms with van der Waals surface area (Å²) in [5, 5.41) is 11.9. The lowest BCUT2D eigenvalue weighted by atomic mass is 9.76. The van der Waals surface area contributed by atoms with Gasteiger partial charge in [0.05, 0.1) is 7.11 Å². The van der Waals surface area contributed by atoms with Gasteiger partial charge in [0.15, 0.2) is 0 Å². The lowest BCUT2D eigenvalue weighted by Gasteiger charge is -2.38. The summed E-state index contributed by atoms with van der Waals surface area (Å²) in [4.78, 5) is 23.2.